The predicted molar refractivity (Wildman–Crippen MR) is 91.8 cm³/mol. The minimum absolute atomic E-state index is 0.234. The summed E-state index contributed by atoms with van der Waals surface area (Å²) in [5, 5.41) is 4.00. The van der Waals surface area contributed by atoms with Crippen molar-refractivity contribution < 1.29 is 9.53 Å². The predicted octanol–water partition coefficient (Wildman–Crippen LogP) is 5.63. The van der Waals surface area contributed by atoms with Gasteiger partial charge in [-0.25, -0.2) is 0 Å². The van der Waals surface area contributed by atoms with Crippen molar-refractivity contribution >= 4 is 58.0 Å². The highest BCUT2D eigenvalue weighted by Gasteiger charge is 2.11. The fourth-order valence-electron chi connectivity index (χ4n) is 1.67. The number of carbonyl (C=O) groups excluding carboxylic acids is 1. The van der Waals surface area contributed by atoms with Gasteiger partial charge >= 0.3 is 0 Å². The lowest BCUT2D eigenvalue weighted by Gasteiger charge is -2.11. The summed E-state index contributed by atoms with van der Waals surface area (Å²) in [5.74, 6) is -0.0888. The molecule has 0 aliphatic carbocycles. The molecule has 0 spiro atoms. The summed E-state index contributed by atoms with van der Waals surface area (Å²) < 4.78 is 5.34. The first-order chi connectivity index (χ1) is 10.4. The van der Waals surface area contributed by atoms with Crippen LogP contribution in [-0.2, 0) is 4.79 Å². The summed E-state index contributed by atoms with van der Waals surface area (Å²) in [6.07, 6.45) is 0. The van der Waals surface area contributed by atoms with Crippen LogP contribution in [0.25, 0.3) is 0 Å². The summed E-state index contributed by atoms with van der Waals surface area (Å²) in [6, 6.07) is 8.24. The molecule has 0 aliphatic heterocycles. The molecule has 2 aromatic rings. The maximum absolute atomic E-state index is 11.9. The molecule has 1 amide bonds. The fourth-order valence-corrected chi connectivity index (χ4v) is 2.54. The van der Waals surface area contributed by atoms with E-state index in [0.717, 1.165) is 5.56 Å². The van der Waals surface area contributed by atoms with Gasteiger partial charge in [0.2, 0.25) is 0 Å². The Hall–Kier alpha value is -1.13. The van der Waals surface area contributed by atoms with Crippen LogP contribution in [0.15, 0.2) is 30.3 Å². The summed E-state index contributed by atoms with van der Waals surface area (Å²) in [4.78, 5) is 11.9. The number of ether oxygens (including phenoxy) is 1. The molecule has 0 unspecified atom stereocenters. The van der Waals surface area contributed by atoms with Gasteiger partial charge in [0.1, 0.15) is 5.75 Å². The number of halogens is 4. The number of amides is 1. The molecule has 1 N–H and O–H groups in total. The van der Waals surface area contributed by atoms with Gasteiger partial charge in [-0.1, -0.05) is 52.5 Å². The first-order valence-electron chi connectivity index (χ1n) is 6.20. The van der Waals surface area contributed by atoms with E-state index in [4.69, 9.17) is 51.1 Å². The van der Waals surface area contributed by atoms with Crippen LogP contribution in [0, 0.1) is 6.92 Å². The zero-order valence-electron chi connectivity index (χ0n) is 11.4. The second kappa shape index (κ2) is 7.42. The summed E-state index contributed by atoms with van der Waals surface area (Å²) in [6.45, 7) is 1.68. The molecule has 2 rings (SSSR count). The molecular formula is C15H11Cl4NO2. The van der Waals surface area contributed by atoms with E-state index in [1.807, 2.05) is 13.0 Å². The minimum atomic E-state index is -0.368. The van der Waals surface area contributed by atoms with Crippen LogP contribution >= 0.6 is 46.4 Å². The highest BCUT2D eigenvalue weighted by molar-refractivity contribution is 6.43. The fraction of sp³-hybridized carbons (Fsp3) is 0.133. The Morgan fingerprint density at radius 3 is 2.36 bits per heavy atom. The van der Waals surface area contributed by atoms with Gasteiger partial charge in [-0.15, -0.1) is 0 Å². The van der Waals surface area contributed by atoms with Crippen LogP contribution in [0.4, 0.5) is 5.69 Å². The van der Waals surface area contributed by atoms with Crippen molar-refractivity contribution in [1.29, 1.82) is 0 Å². The first kappa shape index (κ1) is 17.2. The molecule has 0 saturated carbocycles. The van der Waals surface area contributed by atoms with Crippen LogP contribution in [0.1, 0.15) is 5.56 Å². The van der Waals surface area contributed by atoms with Gasteiger partial charge in [-0.3, -0.25) is 4.79 Å². The molecule has 0 fully saturated rings. The molecular weight excluding hydrogens is 368 g/mol. The Labute approximate surface area is 148 Å². The van der Waals surface area contributed by atoms with Gasteiger partial charge in [0, 0.05) is 6.07 Å². The zero-order valence-corrected chi connectivity index (χ0v) is 14.4. The topological polar surface area (TPSA) is 38.3 Å². The summed E-state index contributed by atoms with van der Waals surface area (Å²) in [7, 11) is 0. The quantitative estimate of drug-likeness (QED) is 0.700. The molecule has 116 valence electrons. The SMILES string of the molecule is Cc1ccc(NC(=O)COc2cc(Cl)c(Cl)cc2Cl)c(Cl)c1. The number of aryl methyl sites for hydroxylation is 1. The van der Waals surface area contributed by atoms with Crippen molar-refractivity contribution in [3.05, 3.63) is 56.0 Å². The van der Waals surface area contributed by atoms with Gasteiger partial charge in [-0.2, -0.15) is 0 Å². The summed E-state index contributed by atoms with van der Waals surface area (Å²) in [5.41, 5.74) is 1.52. The lowest BCUT2D eigenvalue weighted by Crippen LogP contribution is -2.20. The minimum Gasteiger partial charge on any atom is -0.482 e. The van der Waals surface area contributed by atoms with Crippen LogP contribution in [0.5, 0.6) is 5.75 Å². The van der Waals surface area contributed by atoms with Crippen molar-refractivity contribution in [3.63, 3.8) is 0 Å². The molecule has 0 aromatic heterocycles. The molecule has 2 aromatic carbocycles. The third kappa shape index (κ3) is 4.43. The smallest absolute Gasteiger partial charge is 0.262 e. The van der Waals surface area contributed by atoms with E-state index in [2.05, 4.69) is 5.32 Å². The third-order valence-electron chi connectivity index (χ3n) is 2.73. The molecule has 22 heavy (non-hydrogen) atoms. The zero-order chi connectivity index (χ0) is 16.3. The highest BCUT2D eigenvalue weighted by Crippen LogP contribution is 2.33. The van der Waals surface area contributed by atoms with Crippen LogP contribution in [0.2, 0.25) is 20.1 Å². The number of carbonyl (C=O) groups is 1. The molecule has 3 nitrogen and oxygen atoms in total. The van der Waals surface area contributed by atoms with Crippen LogP contribution < -0.4 is 10.1 Å². The van der Waals surface area contributed by atoms with Crippen LogP contribution in [0.3, 0.4) is 0 Å². The van der Waals surface area contributed by atoms with Gasteiger partial charge in [0.15, 0.2) is 6.61 Å². The van der Waals surface area contributed by atoms with E-state index in [9.17, 15) is 4.79 Å². The molecule has 7 heteroatoms. The maximum atomic E-state index is 11.9. The van der Waals surface area contributed by atoms with E-state index >= 15 is 0 Å². The van der Waals surface area contributed by atoms with E-state index in [0.29, 0.717) is 20.8 Å². The number of nitrogens with one attached hydrogen (secondary N) is 1. The molecule has 0 heterocycles. The van der Waals surface area contributed by atoms with E-state index < -0.39 is 0 Å². The Bertz CT molecular complexity index is 719. The molecule has 0 aliphatic rings. The van der Waals surface area contributed by atoms with Crippen molar-refractivity contribution in [1.82, 2.24) is 0 Å². The van der Waals surface area contributed by atoms with Gasteiger partial charge in [0.25, 0.3) is 5.91 Å². The number of hydrogen-bond donors (Lipinski definition) is 1. The lowest BCUT2D eigenvalue weighted by molar-refractivity contribution is -0.118. The highest BCUT2D eigenvalue weighted by atomic mass is 35.5. The Kier molecular flexibility index (Phi) is 5.81. The van der Waals surface area contributed by atoms with Gasteiger partial charge in [0.05, 0.1) is 25.8 Å². The number of rotatable bonds is 4. The molecule has 0 atom stereocenters. The third-order valence-corrected chi connectivity index (χ3v) is 4.06. The largest absolute Gasteiger partial charge is 0.482 e. The lowest BCUT2D eigenvalue weighted by atomic mass is 10.2. The normalized spacial score (nSPS) is 10.4. The number of anilines is 1. The second-order valence-corrected chi connectivity index (χ2v) is 6.15. The Balaban J connectivity index is 2.00. The first-order valence-corrected chi connectivity index (χ1v) is 7.71. The number of hydrogen-bond acceptors (Lipinski definition) is 2. The molecule has 0 saturated heterocycles. The monoisotopic (exact) mass is 377 g/mol. The number of benzene rings is 2. The average Bonchev–Trinajstić information content (AvgIpc) is 2.44. The summed E-state index contributed by atoms with van der Waals surface area (Å²) >= 11 is 23.7. The average molecular weight is 379 g/mol. The standard InChI is InChI=1S/C15H11Cl4NO2/c1-8-2-3-13(11(18)4-8)20-15(21)7-22-14-6-10(17)9(16)5-12(14)19/h2-6H,7H2,1H3,(H,20,21). The van der Waals surface area contributed by atoms with Crippen LogP contribution in [-0.4, -0.2) is 12.5 Å². The van der Waals surface area contributed by atoms with Gasteiger partial charge in [-0.05, 0) is 30.7 Å². The second-order valence-electron chi connectivity index (χ2n) is 4.52. The van der Waals surface area contributed by atoms with E-state index in [-0.39, 0.29) is 23.3 Å². The maximum Gasteiger partial charge on any atom is 0.262 e. The molecule has 0 radical (unpaired) electrons. The van der Waals surface area contributed by atoms with Crippen molar-refractivity contribution in [2.24, 2.45) is 0 Å². The Morgan fingerprint density at radius 2 is 1.68 bits per heavy atom. The van der Waals surface area contributed by atoms with Gasteiger partial charge < -0.3 is 10.1 Å². The van der Waals surface area contributed by atoms with Crippen molar-refractivity contribution in [2.45, 2.75) is 6.92 Å². The van der Waals surface area contributed by atoms with E-state index in [1.54, 1.807) is 12.1 Å². The van der Waals surface area contributed by atoms with Crippen molar-refractivity contribution in [2.75, 3.05) is 11.9 Å². The van der Waals surface area contributed by atoms with E-state index in [1.165, 1.54) is 12.1 Å². The van der Waals surface area contributed by atoms with Crippen molar-refractivity contribution in [3.8, 4) is 5.75 Å². The molecule has 0 bridgehead atoms. The Morgan fingerprint density at radius 1 is 1.00 bits per heavy atom.